The molecule has 80 valence electrons. The van der Waals surface area contributed by atoms with Crippen molar-refractivity contribution in [3.8, 4) is 0 Å². The van der Waals surface area contributed by atoms with Crippen LogP contribution in [0.2, 0.25) is 0 Å². The zero-order valence-electron chi connectivity index (χ0n) is 9.46. The van der Waals surface area contributed by atoms with Crippen LogP contribution in [0.3, 0.4) is 0 Å². The topological polar surface area (TPSA) is 37.4 Å². The van der Waals surface area contributed by atoms with Gasteiger partial charge in [-0.2, -0.15) is 0 Å². The van der Waals surface area contributed by atoms with E-state index in [0.29, 0.717) is 6.54 Å². The minimum Gasteiger partial charge on any atom is -0.342 e. The molecule has 14 heavy (non-hydrogen) atoms. The highest BCUT2D eigenvalue weighted by molar-refractivity contribution is 5.74. The lowest BCUT2D eigenvalue weighted by Gasteiger charge is -2.36. The Bertz CT molecular complexity index is 260. The summed E-state index contributed by atoms with van der Waals surface area (Å²) in [4.78, 5) is 24.0. The second-order valence-electron chi connectivity index (χ2n) is 5.09. The third kappa shape index (κ3) is 1.68. The van der Waals surface area contributed by atoms with E-state index in [9.17, 15) is 9.59 Å². The molecule has 0 aliphatic carbocycles. The van der Waals surface area contributed by atoms with Crippen LogP contribution in [0.15, 0.2) is 0 Å². The van der Waals surface area contributed by atoms with Gasteiger partial charge in [-0.3, -0.25) is 4.79 Å². The maximum absolute atomic E-state index is 11.2. The lowest BCUT2D eigenvalue weighted by molar-refractivity contribution is -0.129. The first kappa shape index (κ1) is 11.2. The van der Waals surface area contributed by atoms with Crippen LogP contribution < -0.4 is 0 Å². The first-order valence-electron chi connectivity index (χ1n) is 5.04. The second kappa shape index (κ2) is 3.37. The first-order chi connectivity index (χ1) is 6.32. The number of likely N-dealkylation sites (tertiary alicyclic amines) is 1. The molecule has 1 unspecified atom stereocenters. The standard InChI is InChI=1S/C11H19NO2/c1-9(14)12-6-5-11(4,7-12)10(2,3)8-13/h8H,5-7H2,1-4H3. The van der Waals surface area contributed by atoms with Crippen molar-refractivity contribution >= 4 is 12.2 Å². The van der Waals surface area contributed by atoms with Gasteiger partial charge in [0.1, 0.15) is 6.29 Å². The zero-order chi connectivity index (χ0) is 11.0. The Morgan fingerprint density at radius 2 is 2.07 bits per heavy atom. The molecule has 1 amide bonds. The molecule has 3 heteroatoms. The van der Waals surface area contributed by atoms with Crippen molar-refractivity contribution in [1.82, 2.24) is 4.90 Å². The molecule has 0 saturated carbocycles. The predicted molar refractivity (Wildman–Crippen MR) is 54.8 cm³/mol. The fourth-order valence-corrected chi connectivity index (χ4v) is 1.90. The normalized spacial score (nSPS) is 27.9. The van der Waals surface area contributed by atoms with Crippen LogP contribution in [-0.2, 0) is 9.59 Å². The predicted octanol–water partition coefficient (Wildman–Crippen LogP) is 1.47. The highest BCUT2D eigenvalue weighted by atomic mass is 16.2. The van der Waals surface area contributed by atoms with Gasteiger partial charge >= 0.3 is 0 Å². The average molecular weight is 197 g/mol. The van der Waals surface area contributed by atoms with Crippen molar-refractivity contribution in [3.05, 3.63) is 0 Å². The van der Waals surface area contributed by atoms with Crippen LogP contribution in [0.1, 0.15) is 34.1 Å². The number of nitrogens with zero attached hydrogens (tertiary/aromatic N) is 1. The molecule has 0 aromatic rings. The summed E-state index contributed by atoms with van der Waals surface area (Å²) in [5.41, 5.74) is -0.419. The molecule has 3 nitrogen and oxygen atoms in total. The van der Waals surface area contributed by atoms with Gasteiger partial charge in [-0.25, -0.2) is 0 Å². The van der Waals surface area contributed by atoms with E-state index in [4.69, 9.17) is 0 Å². The van der Waals surface area contributed by atoms with Crippen molar-refractivity contribution in [2.75, 3.05) is 13.1 Å². The van der Waals surface area contributed by atoms with Crippen LogP contribution in [0.25, 0.3) is 0 Å². The van der Waals surface area contributed by atoms with Crippen LogP contribution in [0.5, 0.6) is 0 Å². The molecule has 0 aromatic carbocycles. The Kier molecular flexibility index (Phi) is 2.70. The van der Waals surface area contributed by atoms with E-state index in [1.807, 2.05) is 18.7 Å². The molecule has 1 aliphatic rings. The van der Waals surface area contributed by atoms with Gasteiger partial charge in [0.2, 0.25) is 5.91 Å². The summed E-state index contributed by atoms with van der Waals surface area (Å²) in [5.74, 6) is 0.107. The number of aldehydes is 1. The van der Waals surface area contributed by atoms with Gasteiger partial charge in [-0.05, 0) is 11.8 Å². The summed E-state index contributed by atoms with van der Waals surface area (Å²) in [5, 5.41) is 0. The van der Waals surface area contributed by atoms with E-state index in [1.165, 1.54) is 0 Å². The van der Waals surface area contributed by atoms with Crippen LogP contribution in [0, 0.1) is 10.8 Å². The lowest BCUT2D eigenvalue weighted by atomic mass is 9.67. The third-order valence-electron chi connectivity index (χ3n) is 3.77. The summed E-state index contributed by atoms with van der Waals surface area (Å²) in [6.45, 7) is 9.05. The zero-order valence-corrected chi connectivity index (χ0v) is 9.46. The Morgan fingerprint density at radius 1 is 1.50 bits per heavy atom. The van der Waals surface area contributed by atoms with E-state index in [0.717, 1.165) is 19.3 Å². The largest absolute Gasteiger partial charge is 0.342 e. The second-order valence-corrected chi connectivity index (χ2v) is 5.09. The Labute approximate surface area is 85.5 Å². The minimum atomic E-state index is -0.350. The van der Waals surface area contributed by atoms with Gasteiger partial charge in [0.15, 0.2) is 0 Å². The van der Waals surface area contributed by atoms with Gasteiger partial charge in [0, 0.05) is 25.4 Å². The van der Waals surface area contributed by atoms with Crippen molar-refractivity contribution in [2.24, 2.45) is 10.8 Å². The molecule has 1 atom stereocenters. The maximum atomic E-state index is 11.2. The Hall–Kier alpha value is -0.860. The molecule has 1 heterocycles. The smallest absolute Gasteiger partial charge is 0.219 e. The number of carbonyl (C=O) groups excluding carboxylic acids is 2. The average Bonchev–Trinajstić information content (AvgIpc) is 2.50. The van der Waals surface area contributed by atoms with Crippen molar-refractivity contribution < 1.29 is 9.59 Å². The maximum Gasteiger partial charge on any atom is 0.219 e. The van der Waals surface area contributed by atoms with E-state index < -0.39 is 0 Å². The van der Waals surface area contributed by atoms with E-state index >= 15 is 0 Å². The van der Waals surface area contributed by atoms with Gasteiger partial charge in [0.05, 0.1) is 0 Å². The summed E-state index contributed by atoms with van der Waals surface area (Å²) in [6, 6.07) is 0. The molecule has 0 N–H and O–H groups in total. The monoisotopic (exact) mass is 197 g/mol. The molecule has 1 saturated heterocycles. The number of rotatable bonds is 2. The van der Waals surface area contributed by atoms with E-state index in [-0.39, 0.29) is 16.7 Å². The quantitative estimate of drug-likeness (QED) is 0.629. The van der Waals surface area contributed by atoms with Crippen molar-refractivity contribution in [3.63, 3.8) is 0 Å². The number of amides is 1. The summed E-state index contributed by atoms with van der Waals surface area (Å²) in [6.07, 6.45) is 1.93. The minimum absolute atomic E-state index is 0.0690. The molecule has 0 spiro atoms. The molecule has 1 fully saturated rings. The van der Waals surface area contributed by atoms with E-state index in [2.05, 4.69) is 6.92 Å². The van der Waals surface area contributed by atoms with E-state index in [1.54, 1.807) is 6.92 Å². The summed E-state index contributed by atoms with van der Waals surface area (Å²) >= 11 is 0. The molecule has 0 radical (unpaired) electrons. The fourth-order valence-electron chi connectivity index (χ4n) is 1.90. The first-order valence-corrected chi connectivity index (χ1v) is 5.04. The number of hydrogen-bond donors (Lipinski definition) is 0. The van der Waals surface area contributed by atoms with Gasteiger partial charge in [-0.15, -0.1) is 0 Å². The summed E-state index contributed by atoms with van der Waals surface area (Å²) < 4.78 is 0. The summed E-state index contributed by atoms with van der Waals surface area (Å²) in [7, 11) is 0. The third-order valence-corrected chi connectivity index (χ3v) is 3.77. The van der Waals surface area contributed by atoms with Gasteiger partial charge < -0.3 is 9.69 Å². The highest BCUT2D eigenvalue weighted by Crippen LogP contribution is 2.44. The van der Waals surface area contributed by atoms with Gasteiger partial charge in [0.25, 0.3) is 0 Å². The number of carbonyl (C=O) groups is 2. The highest BCUT2D eigenvalue weighted by Gasteiger charge is 2.46. The van der Waals surface area contributed by atoms with Gasteiger partial charge in [-0.1, -0.05) is 20.8 Å². The van der Waals surface area contributed by atoms with Crippen molar-refractivity contribution in [1.29, 1.82) is 0 Å². The van der Waals surface area contributed by atoms with Crippen LogP contribution >= 0.6 is 0 Å². The SMILES string of the molecule is CC(=O)N1CCC(C)(C(C)(C)C=O)C1. The molecular formula is C11H19NO2. The molecule has 1 aliphatic heterocycles. The van der Waals surface area contributed by atoms with Crippen LogP contribution in [-0.4, -0.2) is 30.2 Å². The number of hydrogen-bond acceptors (Lipinski definition) is 2. The molecular weight excluding hydrogens is 178 g/mol. The lowest BCUT2D eigenvalue weighted by Crippen LogP contribution is -2.39. The molecule has 1 rings (SSSR count). The Morgan fingerprint density at radius 3 is 2.43 bits per heavy atom. The molecule has 0 bridgehead atoms. The fraction of sp³-hybridized carbons (Fsp3) is 0.818. The van der Waals surface area contributed by atoms with Crippen molar-refractivity contribution in [2.45, 2.75) is 34.1 Å². The Balaban J connectivity index is 2.81. The molecule has 0 aromatic heterocycles. The van der Waals surface area contributed by atoms with Crippen LogP contribution in [0.4, 0.5) is 0 Å².